The van der Waals surface area contributed by atoms with Crippen LogP contribution in [0, 0.1) is 0 Å². The van der Waals surface area contributed by atoms with Gasteiger partial charge in [-0.1, -0.05) is 54.6 Å². The molecule has 144 valence electrons. The van der Waals surface area contributed by atoms with Gasteiger partial charge in [-0.25, -0.2) is 4.98 Å². The smallest absolute Gasteiger partial charge is 0.233 e. The number of thioether (sulfide) groups is 1. The molecular weight excluding hydrogens is 356 g/mol. The van der Waals surface area contributed by atoms with Gasteiger partial charge in [0.25, 0.3) is 0 Å². The van der Waals surface area contributed by atoms with Gasteiger partial charge in [0.2, 0.25) is 11.1 Å². The Labute approximate surface area is 165 Å². The summed E-state index contributed by atoms with van der Waals surface area (Å²) in [5.41, 5.74) is 3.78. The van der Waals surface area contributed by atoms with Crippen molar-refractivity contribution in [1.29, 1.82) is 0 Å². The number of carbonyl (C=O) groups is 1. The SMILES string of the molecule is CCc1ccc(-c2nc(S[C@@H](C)C(=O)NCCC3=CCCCC3)n[nH]2)cc1. The van der Waals surface area contributed by atoms with Gasteiger partial charge < -0.3 is 5.32 Å². The van der Waals surface area contributed by atoms with Crippen molar-refractivity contribution in [1.82, 2.24) is 20.5 Å². The van der Waals surface area contributed by atoms with E-state index in [-0.39, 0.29) is 11.2 Å². The van der Waals surface area contributed by atoms with Crippen LogP contribution < -0.4 is 5.32 Å². The van der Waals surface area contributed by atoms with Crippen molar-refractivity contribution in [2.45, 2.75) is 62.8 Å². The first-order valence-electron chi connectivity index (χ1n) is 9.79. The fourth-order valence-corrected chi connectivity index (χ4v) is 3.91. The van der Waals surface area contributed by atoms with E-state index in [0.717, 1.165) is 24.2 Å². The number of hydrogen-bond acceptors (Lipinski definition) is 4. The first kappa shape index (κ1) is 19.7. The Hall–Kier alpha value is -2.08. The van der Waals surface area contributed by atoms with E-state index in [1.54, 1.807) is 0 Å². The lowest BCUT2D eigenvalue weighted by molar-refractivity contribution is -0.120. The molecule has 0 unspecified atom stereocenters. The number of aromatic amines is 1. The fraction of sp³-hybridized carbons (Fsp3) is 0.476. The number of aryl methyl sites for hydroxylation is 1. The molecule has 0 bridgehead atoms. The lowest BCUT2D eigenvalue weighted by Crippen LogP contribution is -2.32. The Kier molecular flexibility index (Phi) is 7.10. The standard InChI is InChI=1S/C21H28N4OS/c1-3-16-9-11-18(12-10-16)19-23-21(25-24-19)27-15(2)20(26)22-14-13-17-7-5-4-6-8-17/h7,9-12,15H,3-6,8,13-14H2,1-2H3,(H,22,26)(H,23,24,25)/t15-/m0/s1. The van der Waals surface area contributed by atoms with E-state index in [9.17, 15) is 4.79 Å². The van der Waals surface area contributed by atoms with Gasteiger partial charge in [0.1, 0.15) is 0 Å². The normalized spacial score (nSPS) is 15.3. The molecule has 0 spiro atoms. The molecule has 2 N–H and O–H groups in total. The highest BCUT2D eigenvalue weighted by atomic mass is 32.2. The molecule has 27 heavy (non-hydrogen) atoms. The molecule has 0 aliphatic heterocycles. The molecule has 0 fully saturated rings. The summed E-state index contributed by atoms with van der Waals surface area (Å²) in [5.74, 6) is 0.770. The van der Waals surface area contributed by atoms with Crippen LogP contribution in [0.15, 0.2) is 41.1 Å². The van der Waals surface area contributed by atoms with Gasteiger partial charge in [-0.2, -0.15) is 0 Å². The number of hydrogen-bond donors (Lipinski definition) is 2. The molecule has 1 aromatic carbocycles. The summed E-state index contributed by atoms with van der Waals surface area (Å²) in [5, 5.41) is 10.6. The minimum atomic E-state index is -0.226. The molecule has 1 amide bonds. The van der Waals surface area contributed by atoms with Crippen LogP contribution in [-0.4, -0.2) is 32.9 Å². The van der Waals surface area contributed by atoms with E-state index in [2.05, 4.69) is 45.6 Å². The van der Waals surface area contributed by atoms with Crippen LogP contribution >= 0.6 is 11.8 Å². The Bertz CT molecular complexity index is 782. The van der Waals surface area contributed by atoms with Crippen LogP contribution in [0.2, 0.25) is 0 Å². The molecule has 6 heteroatoms. The van der Waals surface area contributed by atoms with Crippen molar-refractivity contribution < 1.29 is 4.79 Å². The highest BCUT2D eigenvalue weighted by Crippen LogP contribution is 2.23. The molecule has 0 radical (unpaired) electrons. The molecular formula is C21H28N4OS. The van der Waals surface area contributed by atoms with Crippen molar-refractivity contribution in [3.63, 3.8) is 0 Å². The van der Waals surface area contributed by atoms with Gasteiger partial charge in [0.15, 0.2) is 5.82 Å². The third-order valence-corrected chi connectivity index (χ3v) is 5.84. The quantitative estimate of drug-likeness (QED) is 0.518. The van der Waals surface area contributed by atoms with Crippen molar-refractivity contribution in [3.8, 4) is 11.4 Å². The lowest BCUT2D eigenvalue weighted by atomic mass is 9.97. The van der Waals surface area contributed by atoms with Gasteiger partial charge in [0, 0.05) is 12.1 Å². The van der Waals surface area contributed by atoms with Gasteiger partial charge in [0.05, 0.1) is 5.25 Å². The predicted molar refractivity (Wildman–Crippen MR) is 111 cm³/mol. The first-order valence-corrected chi connectivity index (χ1v) is 10.7. The fourth-order valence-electron chi connectivity index (χ4n) is 3.16. The van der Waals surface area contributed by atoms with Crippen LogP contribution in [0.4, 0.5) is 0 Å². The average molecular weight is 385 g/mol. The second-order valence-corrected chi connectivity index (χ2v) is 8.23. The maximum absolute atomic E-state index is 12.3. The maximum Gasteiger partial charge on any atom is 0.233 e. The Morgan fingerprint density at radius 1 is 1.30 bits per heavy atom. The summed E-state index contributed by atoms with van der Waals surface area (Å²) in [4.78, 5) is 16.8. The first-order chi connectivity index (χ1) is 13.2. The predicted octanol–water partition coefficient (Wildman–Crippen LogP) is 4.52. The molecule has 0 saturated carbocycles. The third-order valence-electron chi connectivity index (χ3n) is 4.88. The molecule has 1 atom stereocenters. The molecule has 2 aromatic rings. The highest BCUT2D eigenvalue weighted by molar-refractivity contribution is 8.00. The van der Waals surface area contributed by atoms with Gasteiger partial charge >= 0.3 is 0 Å². The Morgan fingerprint density at radius 3 is 2.81 bits per heavy atom. The van der Waals surface area contributed by atoms with Gasteiger partial charge in [-0.05, 0) is 51.0 Å². The molecule has 1 aliphatic carbocycles. The number of rotatable bonds is 8. The largest absolute Gasteiger partial charge is 0.355 e. The number of allylic oxidation sites excluding steroid dienone is 1. The number of carbonyl (C=O) groups excluding carboxylic acids is 1. The van der Waals surface area contributed by atoms with E-state index in [1.165, 1.54) is 48.6 Å². The molecule has 1 aromatic heterocycles. The number of aromatic nitrogens is 3. The lowest BCUT2D eigenvalue weighted by Gasteiger charge is -2.14. The zero-order valence-electron chi connectivity index (χ0n) is 16.1. The van der Waals surface area contributed by atoms with Crippen LogP contribution in [0.1, 0.15) is 51.5 Å². The summed E-state index contributed by atoms with van der Waals surface area (Å²) >= 11 is 1.38. The zero-order valence-corrected chi connectivity index (χ0v) is 16.9. The molecule has 3 rings (SSSR count). The van der Waals surface area contributed by atoms with Crippen LogP contribution in [0.25, 0.3) is 11.4 Å². The maximum atomic E-state index is 12.3. The third kappa shape index (κ3) is 5.70. The summed E-state index contributed by atoms with van der Waals surface area (Å²) in [6.45, 7) is 4.74. The molecule has 0 saturated heterocycles. The van der Waals surface area contributed by atoms with Crippen molar-refractivity contribution >= 4 is 17.7 Å². The number of amides is 1. The minimum Gasteiger partial charge on any atom is -0.355 e. The monoisotopic (exact) mass is 384 g/mol. The van der Waals surface area contributed by atoms with Gasteiger partial charge in [-0.15, -0.1) is 5.10 Å². The van der Waals surface area contributed by atoms with E-state index < -0.39 is 0 Å². The second-order valence-electron chi connectivity index (χ2n) is 6.93. The van der Waals surface area contributed by atoms with E-state index in [1.807, 2.05) is 19.1 Å². The van der Waals surface area contributed by atoms with E-state index in [0.29, 0.717) is 11.7 Å². The Morgan fingerprint density at radius 2 is 2.11 bits per heavy atom. The van der Waals surface area contributed by atoms with Crippen LogP contribution in [0.5, 0.6) is 0 Å². The molecule has 5 nitrogen and oxygen atoms in total. The van der Waals surface area contributed by atoms with Crippen LogP contribution in [-0.2, 0) is 11.2 Å². The van der Waals surface area contributed by atoms with Crippen molar-refractivity contribution in [2.75, 3.05) is 6.54 Å². The zero-order chi connectivity index (χ0) is 19.1. The summed E-state index contributed by atoms with van der Waals surface area (Å²) < 4.78 is 0. The van der Waals surface area contributed by atoms with Gasteiger partial charge in [-0.3, -0.25) is 9.89 Å². The topological polar surface area (TPSA) is 70.7 Å². The number of nitrogens with zero attached hydrogens (tertiary/aromatic N) is 2. The van der Waals surface area contributed by atoms with E-state index >= 15 is 0 Å². The Balaban J connectivity index is 1.48. The summed E-state index contributed by atoms with van der Waals surface area (Å²) in [6, 6.07) is 8.29. The number of benzene rings is 1. The second kappa shape index (κ2) is 9.74. The molecule has 1 heterocycles. The minimum absolute atomic E-state index is 0.0371. The van der Waals surface area contributed by atoms with Crippen molar-refractivity contribution in [2.24, 2.45) is 0 Å². The van der Waals surface area contributed by atoms with Crippen molar-refractivity contribution in [3.05, 3.63) is 41.5 Å². The summed E-state index contributed by atoms with van der Waals surface area (Å²) in [6.07, 6.45) is 9.24. The molecule has 1 aliphatic rings. The average Bonchev–Trinajstić information content (AvgIpc) is 3.17. The summed E-state index contributed by atoms with van der Waals surface area (Å²) in [7, 11) is 0. The number of nitrogens with one attached hydrogen (secondary N) is 2. The van der Waals surface area contributed by atoms with E-state index in [4.69, 9.17) is 0 Å². The highest BCUT2D eigenvalue weighted by Gasteiger charge is 2.17. The van der Waals surface area contributed by atoms with Crippen LogP contribution in [0.3, 0.4) is 0 Å². The number of H-pyrrole nitrogens is 1.